The Bertz CT molecular complexity index is 583. The summed E-state index contributed by atoms with van der Waals surface area (Å²) in [5.41, 5.74) is 6.35. The van der Waals surface area contributed by atoms with Crippen LogP contribution in [0.25, 0.3) is 11.0 Å². The van der Waals surface area contributed by atoms with Gasteiger partial charge < -0.3 is 0 Å². The van der Waals surface area contributed by atoms with Crippen LogP contribution in [0.3, 0.4) is 0 Å². The molecule has 98 valence electrons. The molecule has 0 spiro atoms. The van der Waals surface area contributed by atoms with E-state index in [1.807, 2.05) is 0 Å². The van der Waals surface area contributed by atoms with Crippen LogP contribution in [0, 0.1) is 6.92 Å². The molecule has 0 unspecified atom stereocenters. The number of aryl methyl sites for hydroxylation is 1. The first-order valence-electron chi connectivity index (χ1n) is 6.39. The van der Waals surface area contributed by atoms with Gasteiger partial charge in [0, 0.05) is 0 Å². The summed E-state index contributed by atoms with van der Waals surface area (Å²) in [6.07, 6.45) is 0. The van der Waals surface area contributed by atoms with Gasteiger partial charge in [-0.25, -0.2) is 0 Å². The molecule has 0 radical (unpaired) electrons. The fraction of sp³-hybridized carbons (Fsp3) is 0.600. The van der Waals surface area contributed by atoms with E-state index in [1.54, 1.807) is 0 Å². The first kappa shape index (κ1) is 13.5. The zero-order valence-corrected chi connectivity index (χ0v) is 13.2. The molecule has 18 heavy (non-hydrogen) atoms. The highest BCUT2D eigenvalue weighted by atomic mass is 32.1. The van der Waals surface area contributed by atoms with Crippen molar-refractivity contribution < 1.29 is 0 Å². The number of nitrogens with zero attached hydrogens (tertiary/aromatic N) is 2. The van der Waals surface area contributed by atoms with Gasteiger partial charge in [0.1, 0.15) is 11.0 Å². The Morgan fingerprint density at radius 2 is 1.44 bits per heavy atom. The second-order valence-electron chi connectivity index (χ2n) is 7.08. The average Bonchev–Trinajstić information content (AvgIpc) is 2.60. The highest BCUT2D eigenvalue weighted by Gasteiger charge is 2.27. The van der Waals surface area contributed by atoms with Gasteiger partial charge in [-0.2, -0.15) is 8.75 Å². The van der Waals surface area contributed by atoms with Crippen LogP contribution in [-0.2, 0) is 10.8 Å². The average molecular weight is 262 g/mol. The van der Waals surface area contributed by atoms with Crippen LogP contribution < -0.4 is 0 Å². The third-order valence-electron chi connectivity index (χ3n) is 3.29. The molecule has 0 atom stereocenters. The summed E-state index contributed by atoms with van der Waals surface area (Å²) in [6.45, 7) is 15.6. The van der Waals surface area contributed by atoms with E-state index in [4.69, 9.17) is 0 Å². The van der Waals surface area contributed by atoms with Crippen LogP contribution in [0.15, 0.2) is 6.07 Å². The van der Waals surface area contributed by atoms with Crippen molar-refractivity contribution in [2.45, 2.75) is 59.3 Å². The van der Waals surface area contributed by atoms with Crippen LogP contribution in [0.2, 0.25) is 0 Å². The van der Waals surface area contributed by atoms with Crippen molar-refractivity contribution in [3.05, 3.63) is 22.8 Å². The lowest BCUT2D eigenvalue weighted by atomic mass is 9.78. The molecule has 0 amide bonds. The lowest BCUT2D eigenvalue weighted by Crippen LogP contribution is -2.18. The fourth-order valence-corrected chi connectivity index (χ4v) is 3.16. The minimum atomic E-state index is 0.106. The molecule has 0 saturated carbocycles. The van der Waals surface area contributed by atoms with Gasteiger partial charge >= 0.3 is 0 Å². The van der Waals surface area contributed by atoms with Crippen molar-refractivity contribution in [1.29, 1.82) is 0 Å². The predicted molar refractivity (Wildman–Crippen MR) is 79.6 cm³/mol. The maximum absolute atomic E-state index is 4.55. The highest BCUT2D eigenvalue weighted by molar-refractivity contribution is 7.00. The van der Waals surface area contributed by atoms with Gasteiger partial charge in [-0.15, -0.1) is 0 Å². The second-order valence-corrected chi connectivity index (χ2v) is 7.61. The molecule has 0 aliphatic rings. The fourth-order valence-electron chi connectivity index (χ4n) is 2.59. The maximum atomic E-state index is 4.55. The van der Waals surface area contributed by atoms with Gasteiger partial charge in [-0.3, -0.25) is 0 Å². The van der Waals surface area contributed by atoms with Crippen LogP contribution in [0.1, 0.15) is 58.2 Å². The molecule has 0 saturated heterocycles. The van der Waals surface area contributed by atoms with Crippen LogP contribution in [0.4, 0.5) is 0 Å². The Morgan fingerprint density at radius 1 is 0.889 bits per heavy atom. The molecule has 0 N–H and O–H groups in total. The van der Waals surface area contributed by atoms with Gasteiger partial charge in [0.2, 0.25) is 0 Å². The number of aromatic nitrogens is 2. The molecular weight excluding hydrogens is 240 g/mol. The van der Waals surface area contributed by atoms with E-state index in [9.17, 15) is 0 Å². The van der Waals surface area contributed by atoms with E-state index in [-0.39, 0.29) is 10.8 Å². The van der Waals surface area contributed by atoms with Crippen molar-refractivity contribution in [1.82, 2.24) is 8.75 Å². The van der Waals surface area contributed by atoms with Crippen molar-refractivity contribution in [3.8, 4) is 0 Å². The largest absolute Gasteiger partial charge is 0.173 e. The Morgan fingerprint density at radius 3 is 1.94 bits per heavy atom. The predicted octanol–water partition coefficient (Wildman–Crippen LogP) is 4.59. The van der Waals surface area contributed by atoms with Crippen LogP contribution in [0.5, 0.6) is 0 Å². The highest BCUT2D eigenvalue weighted by Crippen LogP contribution is 2.37. The van der Waals surface area contributed by atoms with Crippen molar-refractivity contribution in [2.24, 2.45) is 0 Å². The molecule has 1 aromatic carbocycles. The van der Waals surface area contributed by atoms with Crippen LogP contribution >= 0.6 is 11.7 Å². The summed E-state index contributed by atoms with van der Waals surface area (Å²) in [5, 5.41) is 0. The third kappa shape index (κ3) is 2.16. The molecular formula is C15H22N2S. The zero-order valence-electron chi connectivity index (χ0n) is 12.4. The van der Waals surface area contributed by atoms with E-state index in [2.05, 4.69) is 63.3 Å². The number of hydrogen-bond acceptors (Lipinski definition) is 3. The van der Waals surface area contributed by atoms with Gasteiger partial charge in [0.05, 0.1) is 11.7 Å². The minimum Gasteiger partial charge on any atom is -0.173 e. The SMILES string of the molecule is Cc1cc(C(C)(C)C)c2nsnc2c1C(C)(C)C. The molecule has 3 heteroatoms. The normalized spacial score (nSPS) is 13.3. The number of benzene rings is 1. The van der Waals surface area contributed by atoms with E-state index < -0.39 is 0 Å². The summed E-state index contributed by atoms with van der Waals surface area (Å²) in [6, 6.07) is 2.30. The molecule has 2 aromatic rings. The quantitative estimate of drug-likeness (QED) is 0.693. The molecule has 0 aliphatic heterocycles. The lowest BCUT2D eigenvalue weighted by Gasteiger charge is -2.26. The van der Waals surface area contributed by atoms with Crippen molar-refractivity contribution >= 4 is 22.8 Å². The Kier molecular flexibility index (Phi) is 3.01. The van der Waals surface area contributed by atoms with Gasteiger partial charge in [-0.05, 0) is 34.4 Å². The van der Waals surface area contributed by atoms with E-state index in [0.717, 1.165) is 11.0 Å². The lowest BCUT2D eigenvalue weighted by molar-refractivity contribution is 0.580. The van der Waals surface area contributed by atoms with Crippen LogP contribution in [-0.4, -0.2) is 8.75 Å². The zero-order chi connectivity index (χ0) is 13.7. The molecule has 0 aliphatic carbocycles. The summed E-state index contributed by atoms with van der Waals surface area (Å²) in [4.78, 5) is 0. The maximum Gasteiger partial charge on any atom is 0.109 e. The topological polar surface area (TPSA) is 25.8 Å². The molecule has 0 bridgehead atoms. The number of hydrogen-bond donors (Lipinski definition) is 0. The third-order valence-corrected chi connectivity index (χ3v) is 3.82. The van der Waals surface area contributed by atoms with E-state index in [0.29, 0.717) is 0 Å². The van der Waals surface area contributed by atoms with Gasteiger partial charge in [0.15, 0.2) is 0 Å². The Hall–Kier alpha value is -0.960. The minimum absolute atomic E-state index is 0.106. The Balaban J connectivity index is 2.87. The molecule has 2 rings (SSSR count). The molecule has 0 fully saturated rings. The molecule has 1 aromatic heterocycles. The summed E-state index contributed by atoms with van der Waals surface area (Å²) >= 11 is 1.32. The number of rotatable bonds is 0. The molecule has 1 heterocycles. The summed E-state index contributed by atoms with van der Waals surface area (Å²) < 4.78 is 9.08. The monoisotopic (exact) mass is 262 g/mol. The Labute approximate surface area is 114 Å². The molecule has 2 nitrogen and oxygen atoms in total. The van der Waals surface area contributed by atoms with Crippen molar-refractivity contribution in [3.63, 3.8) is 0 Å². The van der Waals surface area contributed by atoms with Gasteiger partial charge in [-0.1, -0.05) is 47.6 Å². The number of fused-ring (bicyclic) bond motifs is 1. The summed E-state index contributed by atoms with van der Waals surface area (Å²) in [5.74, 6) is 0. The standard InChI is InChI=1S/C15H22N2S/c1-9-8-10(14(2,3)4)12-13(17-18-16-12)11(9)15(5,6)7/h8H,1-7H3. The first-order chi connectivity index (χ1) is 8.12. The van der Waals surface area contributed by atoms with Crippen molar-refractivity contribution in [2.75, 3.05) is 0 Å². The van der Waals surface area contributed by atoms with E-state index in [1.165, 1.54) is 28.4 Å². The smallest absolute Gasteiger partial charge is 0.109 e. The van der Waals surface area contributed by atoms with Gasteiger partial charge in [0.25, 0.3) is 0 Å². The van der Waals surface area contributed by atoms with E-state index >= 15 is 0 Å². The summed E-state index contributed by atoms with van der Waals surface area (Å²) in [7, 11) is 0. The second kappa shape index (κ2) is 4.02. The first-order valence-corrected chi connectivity index (χ1v) is 7.12.